The number of benzene rings is 4. The summed E-state index contributed by atoms with van der Waals surface area (Å²) in [5.74, 6) is 0. The van der Waals surface area contributed by atoms with Gasteiger partial charge in [0.2, 0.25) is 0 Å². The molecular formula is C68H84S4Sn2. The molecule has 6 heteroatoms. The van der Waals surface area contributed by atoms with Gasteiger partial charge in [-0.1, -0.05) is 0 Å². The molecule has 0 atom stereocenters. The fourth-order valence-corrected chi connectivity index (χ4v) is 57.8. The molecule has 0 saturated heterocycles. The summed E-state index contributed by atoms with van der Waals surface area (Å²) in [6.45, 7) is 23.7. The van der Waals surface area contributed by atoms with Crippen LogP contribution in [0.15, 0.2) is 109 Å². The van der Waals surface area contributed by atoms with E-state index in [4.69, 9.17) is 0 Å². The average Bonchev–Trinajstić information content (AvgIpc) is 4.27. The van der Waals surface area contributed by atoms with Crippen molar-refractivity contribution in [2.24, 2.45) is 0 Å². The second-order valence-corrected chi connectivity index (χ2v) is 55.6. The zero-order valence-corrected chi connectivity index (χ0v) is 55.7. The third-order valence-corrected chi connectivity index (χ3v) is 59.6. The van der Waals surface area contributed by atoms with Gasteiger partial charge in [0.1, 0.15) is 0 Å². The van der Waals surface area contributed by atoms with E-state index in [9.17, 15) is 0 Å². The summed E-state index contributed by atoms with van der Waals surface area (Å²) < 4.78 is 15.8. The molecule has 2 aliphatic carbocycles. The van der Waals surface area contributed by atoms with Crippen LogP contribution in [0.1, 0.15) is 185 Å². The molecule has 4 heterocycles. The van der Waals surface area contributed by atoms with Crippen molar-refractivity contribution in [1.29, 1.82) is 0 Å². The monoisotopic (exact) mass is 1270 g/mol. The van der Waals surface area contributed by atoms with E-state index in [1.807, 2.05) is 5.79 Å². The Morgan fingerprint density at radius 1 is 0.324 bits per heavy atom. The first-order chi connectivity index (χ1) is 36.0. The van der Waals surface area contributed by atoms with Gasteiger partial charge in [-0.25, -0.2) is 0 Å². The predicted molar refractivity (Wildman–Crippen MR) is 338 cm³/mol. The number of hydrogen-bond acceptors (Lipinski definition) is 4. The van der Waals surface area contributed by atoms with Crippen LogP contribution in [0.25, 0.3) is 28.9 Å². The Bertz CT molecular complexity index is 2820. The van der Waals surface area contributed by atoms with Gasteiger partial charge in [-0.3, -0.25) is 0 Å². The number of unbranched alkanes of at least 4 members (excludes halogenated alkanes) is 6. The first-order valence-corrected chi connectivity index (χ1v) is 47.4. The average molecular weight is 1270 g/mol. The van der Waals surface area contributed by atoms with Gasteiger partial charge >= 0.3 is 476 Å². The molecule has 4 aromatic heterocycles. The third-order valence-electron chi connectivity index (χ3n) is 18.0. The molecule has 0 N–H and O–H groups in total. The van der Waals surface area contributed by atoms with E-state index in [1.165, 1.54) is 148 Å². The van der Waals surface area contributed by atoms with Crippen LogP contribution in [0.2, 0.25) is 26.6 Å². The fraction of sp³-hybridized carbons (Fsp3) is 0.441. The van der Waals surface area contributed by atoms with Crippen LogP contribution in [-0.2, 0) is 10.8 Å². The summed E-state index contributed by atoms with van der Waals surface area (Å²) in [5, 5.41) is 0. The van der Waals surface area contributed by atoms with Gasteiger partial charge in [-0.05, 0) is 0 Å². The van der Waals surface area contributed by atoms with Gasteiger partial charge in [0.25, 0.3) is 0 Å². The van der Waals surface area contributed by atoms with Crippen LogP contribution in [0, 0.1) is 27.7 Å². The third kappa shape index (κ3) is 9.29. The first kappa shape index (κ1) is 54.9. The summed E-state index contributed by atoms with van der Waals surface area (Å²) in [4.78, 5) is 6.32. The van der Waals surface area contributed by atoms with Crippen LogP contribution >= 0.6 is 45.3 Å². The van der Waals surface area contributed by atoms with Gasteiger partial charge in [0.15, 0.2) is 0 Å². The zero-order valence-electron chi connectivity index (χ0n) is 46.8. The van der Waals surface area contributed by atoms with Crippen LogP contribution in [-0.4, -0.2) is 36.8 Å². The van der Waals surface area contributed by atoms with E-state index in [0.717, 1.165) is 0 Å². The molecule has 0 fully saturated rings. The van der Waals surface area contributed by atoms with E-state index >= 15 is 0 Å². The van der Waals surface area contributed by atoms with Gasteiger partial charge in [0.05, 0.1) is 0 Å². The Hall–Kier alpha value is -2.46. The second kappa shape index (κ2) is 23.1. The Morgan fingerprint density at radius 3 is 0.797 bits per heavy atom. The summed E-state index contributed by atoms with van der Waals surface area (Å²) in [5.41, 5.74) is 16.6. The maximum atomic E-state index is 2.90. The van der Waals surface area contributed by atoms with Crippen molar-refractivity contribution in [3.63, 3.8) is 0 Å². The standard InChI is InChI=1S/C44H30S4.6C4H9.2Sn/c1-25-5-13-29(14-6-25)43(30-15-7-26(2)8-16-30)33-21-23-45-37(33)39-35(43)41-42(47-39)36-40(48-41)38-34(22-24-46-38)44(36,31-17-9-27(3)10-18-31)32-19-11-28(4)12-20-32;6*1-3-4-2;;/h5-22H,1-4H3;6*1,3-4H2,2H3;;. The molecule has 388 valence electrons. The topological polar surface area (TPSA) is 0 Å². The predicted octanol–water partition coefficient (Wildman–Crippen LogP) is 21.2. The van der Waals surface area contributed by atoms with Gasteiger partial charge in [-0.15, -0.1) is 0 Å². The van der Waals surface area contributed by atoms with E-state index in [2.05, 4.69) is 224 Å². The zero-order chi connectivity index (χ0) is 51.8. The van der Waals surface area contributed by atoms with Crippen LogP contribution in [0.4, 0.5) is 0 Å². The number of rotatable bonds is 24. The van der Waals surface area contributed by atoms with E-state index in [-0.39, 0.29) is 0 Å². The maximum absolute atomic E-state index is 2.90. The summed E-state index contributed by atoms with van der Waals surface area (Å²) in [6, 6.07) is 45.3. The molecule has 0 amide bonds. The van der Waals surface area contributed by atoms with E-state index < -0.39 is 47.6 Å². The number of fused-ring (bicyclic) bond motifs is 9. The van der Waals surface area contributed by atoms with Crippen molar-refractivity contribution in [2.45, 2.75) is 184 Å². The molecule has 0 spiro atoms. The molecule has 2 aliphatic rings. The Kier molecular flexibility index (Phi) is 17.1. The Labute approximate surface area is 471 Å². The molecule has 74 heavy (non-hydrogen) atoms. The van der Waals surface area contributed by atoms with Crippen molar-refractivity contribution in [2.75, 3.05) is 0 Å². The summed E-state index contributed by atoms with van der Waals surface area (Å²) in [6.07, 6.45) is 16.1. The molecule has 0 nitrogen and oxygen atoms in total. The molecule has 10 rings (SSSR count). The van der Waals surface area contributed by atoms with Gasteiger partial charge in [0, 0.05) is 0 Å². The number of aryl methyl sites for hydroxylation is 4. The molecule has 0 saturated carbocycles. The minimum absolute atomic E-state index is 0.415. The van der Waals surface area contributed by atoms with Crippen LogP contribution < -0.4 is 5.79 Å². The fourth-order valence-electron chi connectivity index (χ4n) is 13.7. The van der Waals surface area contributed by atoms with Crippen molar-refractivity contribution in [3.8, 4) is 19.5 Å². The SMILES string of the molecule is CCC[CH2][Sn]([CH2]CCC)([CH2]CCC)[c]1cc2c(s1)-c1sc3c4c(sc3c1C2(c1ccc(C)cc1)c1ccc(C)cc1)-c1s[c]([Sn]([CH2]CCC)([CH2]CCC)[CH2]CCC)cc1C4(c1ccc(C)cc1)c1ccc(C)cc1. The van der Waals surface area contributed by atoms with Crippen LogP contribution in [0.3, 0.4) is 0 Å². The molecule has 0 radical (unpaired) electrons. The van der Waals surface area contributed by atoms with E-state index in [1.54, 1.807) is 51.2 Å². The summed E-state index contributed by atoms with van der Waals surface area (Å²) in [7, 11) is 0. The molecular weight excluding hydrogens is 1180 g/mol. The Morgan fingerprint density at radius 2 is 0.568 bits per heavy atom. The number of thiophene rings is 4. The van der Waals surface area contributed by atoms with Gasteiger partial charge in [-0.2, -0.15) is 0 Å². The van der Waals surface area contributed by atoms with Crippen molar-refractivity contribution < 1.29 is 0 Å². The molecule has 8 aromatic rings. The number of hydrogen-bond donors (Lipinski definition) is 0. The first-order valence-electron chi connectivity index (χ1n) is 29.2. The van der Waals surface area contributed by atoms with E-state index in [0.29, 0.717) is 0 Å². The normalized spacial score (nSPS) is 14.5. The summed E-state index contributed by atoms with van der Waals surface area (Å²) >= 11 is 3.22. The molecule has 0 bridgehead atoms. The molecule has 0 unspecified atom stereocenters. The van der Waals surface area contributed by atoms with Gasteiger partial charge < -0.3 is 0 Å². The van der Waals surface area contributed by atoms with Crippen molar-refractivity contribution >= 4 is 97.3 Å². The quantitative estimate of drug-likeness (QED) is 0.0529. The van der Waals surface area contributed by atoms with Crippen LogP contribution in [0.5, 0.6) is 0 Å². The minimum atomic E-state index is -2.88. The molecule has 0 aliphatic heterocycles. The van der Waals surface area contributed by atoms with Crippen molar-refractivity contribution in [1.82, 2.24) is 0 Å². The van der Waals surface area contributed by atoms with Crippen molar-refractivity contribution in [3.05, 3.63) is 176 Å². The Balaban J connectivity index is 1.34. The second-order valence-electron chi connectivity index (χ2n) is 23.1. The molecule has 4 aromatic carbocycles.